The summed E-state index contributed by atoms with van der Waals surface area (Å²) in [4.78, 5) is 0. The van der Waals surface area contributed by atoms with Gasteiger partial charge in [-0.2, -0.15) is 0 Å². The summed E-state index contributed by atoms with van der Waals surface area (Å²) in [5.74, 6) is 0. The number of hydrogen-bond donors (Lipinski definition) is 0. The van der Waals surface area contributed by atoms with Crippen LogP contribution in [0.2, 0.25) is 0 Å². The molecule has 0 aromatic heterocycles. The monoisotopic (exact) mass is 119 g/mol. The summed E-state index contributed by atoms with van der Waals surface area (Å²) in [7, 11) is 0. The molecule has 2 nitrogen and oxygen atoms in total. The molecule has 4 heteroatoms. The molecule has 5 radical (unpaired) electrons. The van der Waals surface area contributed by atoms with Gasteiger partial charge in [0.2, 0.25) is 0 Å². The van der Waals surface area contributed by atoms with Crippen LogP contribution in [0.15, 0.2) is 0 Å². The van der Waals surface area contributed by atoms with E-state index in [1.54, 1.807) is 0 Å². The van der Waals surface area contributed by atoms with Crippen LogP contribution in [0.4, 0.5) is 0 Å². The molecule has 0 fully saturated rings. The van der Waals surface area contributed by atoms with Gasteiger partial charge in [0.25, 0.3) is 0 Å². The van der Waals surface area contributed by atoms with Crippen molar-refractivity contribution in [3.05, 3.63) is 0 Å². The Morgan fingerprint density at radius 3 is 0.750 bits per heavy atom. The van der Waals surface area contributed by atoms with Gasteiger partial charge in [0.05, 0.1) is 0 Å². The van der Waals surface area contributed by atoms with Crippen molar-refractivity contribution in [2.75, 3.05) is 0 Å². The minimum atomic E-state index is 0. The summed E-state index contributed by atoms with van der Waals surface area (Å²) in [6.07, 6.45) is 0. The third-order valence-electron chi connectivity index (χ3n) is 0. The standard InChI is InChI=1S/Mn.2O.S/q+2;2*-2;+2. The molecule has 0 amide bonds. The fourth-order valence-electron chi connectivity index (χ4n) is 0. The van der Waals surface area contributed by atoms with E-state index in [-0.39, 0.29) is 41.5 Å². The molecule has 0 bridgehead atoms. The van der Waals surface area contributed by atoms with Crippen molar-refractivity contribution in [1.82, 2.24) is 0 Å². The molecule has 0 atom stereocenters. The number of rotatable bonds is 0. The zero-order chi connectivity index (χ0) is 0. The quantitative estimate of drug-likeness (QED) is 0.395. The molecule has 0 heterocycles. The molecule has 0 N–H and O–H groups in total. The van der Waals surface area contributed by atoms with Crippen LogP contribution in [0.25, 0.3) is 0 Å². The van der Waals surface area contributed by atoms with Crippen LogP contribution in [0.1, 0.15) is 0 Å². The molecule has 0 aromatic carbocycles. The van der Waals surface area contributed by atoms with E-state index in [0.717, 1.165) is 0 Å². The summed E-state index contributed by atoms with van der Waals surface area (Å²) in [6, 6.07) is 0. The molecule has 0 aromatic rings. The molecule has 0 saturated carbocycles. The van der Waals surface area contributed by atoms with Crippen LogP contribution in [0.5, 0.6) is 0 Å². The van der Waals surface area contributed by atoms with Crippen molar-refractivity contribution in [3.8, 4) is 0 Å². The number of hydrogen-bond acceptors (Lipinski definition) is 0. The smallest absolute Gasteiger partial charge is 2.00 e. The molecular weight excluding hydrogens is 119 g/mol. The Morgan fingerprint density at radius 2 is 0.750 bits per heavy atom. The van der Waals surface area contributed by atoms with Crippen LogP contribution in [-0.4, -0.2) is 0 Å². The summed E-state index contributed by atoms with van der Waals surface area (Å²) in [5, 5.41) is 0. The zero-order valence-electron chi connectivity index (χ0n) is 1.60. The average molecular weight is 119 g/mol. The van der Waals surface area contributed by atoms with Gasteiger partial charge in [-0.3, -0.25) is 0 Å². The predicted octanol–water partition coefficient (Wildman–Crippen LogP) is -0.243. The van der Waals surface area contributed by atoms with Gasteiger partial charge in [0, 0.05) is 0 Å². The first-order valence-corrected chi connectivity index (χ1v) is 0. The van der Waals surface area contributed by atoms with Crippen LogP contribution >= 0.6 is 0 Å². The largest absolute Gasteiger partial charge is 2.00 e. The maximum Gasteiger partial charge on any atom is 2.00 e. The molecule has 0 unspecified atom stereocenters. The Hall–Kier alpha value is 0.789. The summed E-state index contributed by atoms with van der Waals surface area (Å²) < 4.78 is 0. The SMILES string of the molecule is [Mn+2].[O-2].[O-2].[S+2]. The summed E-state index contributed by atoms with van der Waals surface area (Å²) in [5.41, 5.74) is 0. The molecule has 0 aliphatic heterocycles. The normalized spacial score (nSPS) is 0. The van der Waals surface area contributed by atoms with Gasteiger partial charge in [-0.25, -0.2) is 0 Å². The van der Waals surface area contributed by atoms with Crippen molar-refractivity contribution in [2.24, 2.45) is 0 Å². The van der Waals surface area contributed by atoms with Gasteiger partial charge in [-0.05, 0) is 0 Å². The second kappa shape index (κ2) is 47.3. The van der Waals surface area contributed by atoms with E-state index in [1.165, 1.54) is 0 Å². The zero-order valence-corrected chi connectivity index (χ0v) is 3.60. The topological polar surface area (TPSA) is 57.0 Å². The van der Waals surface area contributed by atoms with Crippen LogP contribution < -0.4 is 0 Å². The van der Waals surface area contributed by atoms with Gasteiger partial charge in [0.1, 0.15) is 0 Å². The molecule has 4 heavy (non-hydrogen) atoms. The van der Waals surface area contributed by atoms with E-state index in [4.69, 9.17) is 0 Å². The Labute approximate surface area is 42.1 Å². The van der Waals surface area contributed by atoms with E-state index in [9.17, 15) is 0 Å². The van der Waals surface area contributed by atoms with Gasteiger partial charge < -0.3 is 11.0 Å². The summed E-state index contributed by atoms with van der Waals surface area (Å²) in [6.45, 7) is 0. The van der Waals surface area contributed by atoms with Crippen molar-refractivity contribution in [3.63, 3.8) is 0 Å². The van der Waals surface area contributed by atoms with Crippen LogP contribution in [0, 0.1) is 0 Å². The molecule has 0 saturated heterocycles. The first-order valence-electron chi connectivity index (χ1n) is 0. The van der Waals surface area contributed by atoms with Gasteiger partial charge in [-0.1, -0.05) is 0 Å². The second-order valence-corrected chi connectivity index (χ2v) is 0. The Balaban J connectivity index is 0. The third-order valence-corrected chi connectivity index (χ3v) is 0. The molecule has 0 aliphatic carbocycles. The van der Waals surface area contributed by atoms with Crippen LogP contribution in [0.3, 0.4) is 0 Å². The summed E-state index contributed by atoms with van der Waals surface area (Å²) >= 11 is 0. The minimum absolute atomic E-state index is 0. The second-order valence-electron chi connectivity index (χ2n) is 0. The fourth-order valence-corrected chi connectivity index (χ4v) is 0. The first-order chi connectivity index (χ1) is 0. The van der Waals surface area contributed by atoms with Crippen molar-refractivity contribution in [2.45, 2.75) is 0 Å². The first kappa shape index (κ1) is 110. The van der Waals surface area contributed by atoms with Gasteiger partial charge in [0.15, 0.2) is 0 Å². The van der Waals surface area contributed by atoms with E-state index in [0.29, 0.717) is 0 Å². The Kier molecular flexibility index (Phi) is 1310. The minimum Gasteiger partial charge on any atom is -2.00 e. The van der Waals surface area contributed by atoms with Crippen molar-refractivity contribution < 1.29 is 28.0 Å². The molecular formula is MnO2S. The van der Waals surface area contributed by atoms with E-state index < -0.39 is 0 Å². The maximum absolute atomic E-state index is 0. The average Bonchev–Trinajstić information content (AvgIpc) is 0. The van der Waals surface area contributed by atoms with Crippen molar-refractivity contribution in [1.29, 1.82) is 0 Å². The van der Waals surface area contributed by atoms with E-state index in [1.807, 2.05) is 0 Å². The fraction of sp³-hybridized carbons (Fsp3) is 0. The van der Waals surface area contributed by atoms with Crippen molar-refractivity contribution >= 4 is 13.5 Å². The van der Waals surface area contributed by atoms with Gasteiger partial charge >= 0.3 is 30.6 Å². The van der Waals surface area contributed by atoms with Gasteiger partial charge in [-0.15, -0.1) is 0 Å². The molecule has 25 valence electrons. The predicted molar refractivity (Wildman–Crippen MR) is 8.74 cm³/mol. The third kappa shape index (κ3) is 14.3. The molecule has 0 aliphatic rings. The molecule has 0 spiro atoms. The molecule has 0 rings (SSSR count). The Morgan fingerprint density at radius 1 is 0.750 bits per heavy atom. The maximum atomic E-state index is 0. The van der Waals surface area contributed by atoms with E-state index in [2.05, 4.69) is 0 Å². The van der Waals surface area contributed by atoms with Crippen LogP contribution in [-0.2, 0) is 41.5 Å². The Bertz CT molecular complexity index is 6.00. The van der Waals surface area contributed by atoms with E-state index >= 15 is 0 Å².